The van der Waals surface area contributed by atoms with Crippen LogP contribution in [0.2, 0.25) is 5.02 Å². The monoisotopic (exact) mass is 428 g/mol. The van der Waals surface area contributed by atoms with E-state index in [-0.39, 0.29) is 24.4 Å². The van der Waals surface area contributed by atoms with Gasteiger partial charge in [0.1, 0.15) is 0 Å². The molecule has 0 radical (unpaired) electrons. The number of hydrogen-bond donors (Lipinski definition) is 1. The fourth-order valence-electron chi connectivity index (χ4n) is 3.54. The molecule has 1 saturated heterocycles. The Kier molecular flexibility index (Phi) is 7.85. The molecule has 160 valence electrons. The largest absolute Gasteiger partial charge is 0.339 e. The third kappa shape index (κ3) is 6.05. The van der Waals surface area contributed by atoms with Gasteiger partial charge in [0.25, 0.3) is 0 Å². The van der Waals surface area contributed by atoms with Gasteiger partial charge in [0.15, 0.2) is 0 Å². The number of para-hydroxylation sites is 1. The van der Waals surface area contributed by atoms with E-state index in [1.165, 1.54) is 5.56 Å². The number of carbonyl (C=O) groups is 2. The lowest BCUT2D eigenvalue weighted by Crippen LogP contribution is -2.54. The molecule has 0 aliphatic carbocycles. The van der Waals surface area contributed by atoms with Crippen molar-refractivity contribution in [2.24, 2.45) is 0 Å². The number of benzene rings is 2. The first-order valence-corrected chi connectivity index (χ1v) is 10.6. The molecule has 1 atom stereocenters. The average Bonchev–Trinajstić information content (AvgIpc) is 2.75. The van der Waals surface area contributed by atoms with Crippen molar-refractivity contribution < 1.29 is 9.59 Å². The number of anilines is 1. The van der Waals surface area contributed by atoms with Crippen LogP contribution in [0.3, 0.4) is 0 Å². The maximum Gasteiger partial charge on any atom is 0.239 e. The molecule has 2 aromatic carbocycles. The minimum absolute atomic E-state index is 0.0578. The topological polar surface area (TPSA) is 55.9 Å². The van der Waals surface area contributed by atoms with Crippen molar-refractivity contribution in [3.63, 3.8) is 0 Å². The number of piperazine rings is 1. The lowest BCUT2D eigenvalue weighted by Gasteiger charge is -2.37. The van der Waals surface area contributed by atoms with Gasteiger partial charge >= 0.3 is 0 Å². The summed E-state index contributed by atoms with van der Waals surface area (Å²) in [5.74, 6) is -0.139. The highest BCUT2D eigenvalue weighted by molar-refractivity contribution is 6.33. The highest BCUT2D eigenvalue weighted by Crippen LogP contribution is 2.20. The zero-order chi connectivity index (χ0) is 21.5. The van der Waals surface area contributed by atoms with Gasteiger partial charge in [-0.15, -0.1) is 0 Å². The Balaban J connectivity index is 1.45. The van der Waals surface area contributed by atoms with Crippen molar-refractivity contribution in [3.8, 4) is 0 Å². The second kappa shape index (κ2) is 10.6. The van der Waals surface area contributed by atoms with Gasteiger partial charge in [-0.2, -0.15) is 0 Å². The molecule has 1 fully saturated rings. The normalized spacial score (nSPS) is 15.8. The van der Waals surface area contributed by atoms with Gasteiger partial charge in [-0.1, -0.05) is 54.1 Å². The van der Waals surface area contributed by atoms with E-state index in [1.54, 1.807) is 24.1 Å². The number of nitrogens with zero attached hydrogens (tertiary/aromatic N) is 3. The Morgan fingerprint density at radius 3 is 2.33 bits per heavy atom. The Morgan fingerprint density at radius 2 is 1.67 bits per heavy atom. The van der Waals surface area contributed by atoms with Crippen LogP contribution < -0.4 is 5.32 Å². The van der Waals surface area contributed by atoms with E-state index in [4.69, 9.17) is 11.6 Å². The number of amides is 2. The van der Waals surface area contributed by atoms with E-state index in [0.29, 0.717) is 23.8 Å². The number of likely N-dealkylation sites (N-methyl/N-ethyl adjacent to an activating group) is 1. The molecule has 1 N–H and O–H groups in total. The minimum atomic E-state index is -0.373. The molecule has 1 aliphatic heterocycles. The fourth-order valence-corrected chi connectivity index (χ4v) is 3.72. The van der Waals surface area contributed by atoms with Crippen LogP contribution in [-0.4, -0.2) is 72.3 Å². The van der Waals surface area contributed by atoms with Crippen molar-refractivity contribution in [2.45, 2.75) is 19.5 Å². The summed E-state index contributed by atoms with van der Waals surface area (Å²) in [5, 5.41) is 3.29. The van der Waals surface area contributed by atoms with E-state index < -0.39 is 0 Å². The summed E-state index contributed by atoms with van der Waals surface area (Å²) < 4.78 is 0. The number of carbonyl (C=O) groups excluding carboxylic acids is 2. The third-order valence-corrected chi connectivity index (χ3v) is 5.82. The molecular weight excluding hydrogens is 400 g/mol. The Morgan fingerprint density at radius 1 is 1.03 bits per heavy atom. The van der Waals surface area contributed by atoms with E-state index in [9.17, 15) is 9.59 Å². The molecule has 2 amide bonds. The molecule has 6 nitrogen and oxygen atoms in total. The maximum absolute atomic E-state index is 12.9. The molecule has 0 saturated carbocycles. The maximum atomic E-state index is 12.9. The first-order valence-electron chi connectivity index (χ1n) is 10.2. The molecule has 3 rings (SSSR count). The van der Waals surface area contributed by atoms with Crippen LogP contribution in [0.4, 0.5) is 5.69 Å². The van der Waals surface area contributed by atoms with E-state index in [2.05, 4.69) is 34.5 Å². The molecule has 0 unspecified atom stereocenters. The van der Waals surface area contributed by atoms with Gasteiger partial charge in [-0.3, -0.25) is 19.4 Å². The average molecular weight is 429 g/mol. The number of nitrogens with one attached hydrogen (secondary N) is 1. The first-order chi connectivity index (χ1) is 14.4. The molecule has 1 heterocycles. The van der Waals surface area contributed by atoms with E-state index in [1.807, 2.05) is 30.0 Å². The first kappa shape index (κ1) is 22.3. The third-order valence-electron chi connectivity index (χ3n) is 5.49. The van der Waals surface area contributed by atoms with Crippen LogP contribution in [0.15, 0.2) is 54.6 Å². The summed E-state index contributed by atoms with van der Waals surface area (Å²) in [5.41, 5.74) is 1.86. The van der Waals surface area contributed by atoms with E-state index >= 15 is 0 Å². The van der Waals surface area contributed by atoms with Gasteiger partial charge < -0.3 is 10.2 Å². The van der Waals surface area contributed by atoms with Gasteiger partial charge in [-0.05, 0) is 31.7 Å². The fraction of sp³-hybridized carbons (Fsp3) is 0.391. The highest BCUT2D eigenvalue weighted by Gasteiger charge is 2.28. The van der Waals surface area contributed by atoms with Gasteiger partial charge in [0, 0.05) is 32.7 Å². The molecule has 0 bridgehead atoms. The number of halogens is 1. The van der Waals surface area contributed by atoms with Crippen molar-refractivity contribution in [1.82, 2.24) is 14.7 Å². The van der Waals surface area contributed by atoms with Crippen molar-refractivity contribution >= 4 is 29.1 Å². The van der Waals surface area contributed by atoms with Crippen LogP contribution >= 0.6 is 11.6 Å². The van der Waals surface area contributed by atoms with Gasteiger partial charge in [-0.25, -0.2) is 0 Å². The molecule has 30 heavy (non-hydrogen) atoms. The van der Waals surface area contributed by atoms with Gasteiger partial charge in [0.2, 0.25) is 11.8 Å². The highest BCUT2D eigenvalue weighted by atomic mass is 35.5. The molecule has 0 aromatic heterocycles. The summed E-state index contributed by atoms with van der Waals surface area (Å²) >= 11 is 6.09. The number of hydrogen-bond acceptors (Lipinski definition) is 4. The van der Waals surface area contributed by atoms with Crippen LogP contribution in [0.25, 0.3) is 0 Å². The summed E-state index contributed by atoms with van der Waals surface area (Å²) in [6.45, 7) is 5.98. The Bertz CT molecular complexity index is 853. The van der Waals surface area contributed by atoms with Crippen molar-refractivity contribution in [3.05, 3.63) is 65.2 Å². The zero-order valence-corrected chi connectivity index (χ0v) is 18.3. The predicted octanol–water partition coefficient (Wildman–Crippen LogP) is 2.94. The van der Waals surface area contributed by atoms with Crippen LogP contribution in [0, 0.1) is 0 Å². The molecule has 7 heteroatoms. The number of rotatable bonds is 7. The minimum Gasteiger partial charge on any atom is -0.339 e. The quantitative estimate of drug-likeness (QED) is 0.736. The van der Waals surface area contributed by atoms with Crippen molar-refractivity contribution in [2.75, 3.05) is 45.1 Å². The van der Waals surface area contributed by atoms with Crippen LogP contribution in [0.5, 0.6) is 0 Å². The molecule has 0 spiro atoms. The Hall–Kier alpha value is -2.41. The second-order valence-electron chi connectivity index (χ2n) is 7.71. The predicted molar refractivity (Wildman–Crippen MR) is 120 cm³/mol. The molecule has 1 aliphatic rings. The molecule has 2 aromatic rings. The lowest BCUT2D eigenvalue weighted by atomic mass is 10.2. The van der Waals surface area contributed by atoms with Crippen LogP contribution in [-0.2, 0) is 16.1 Å². The van der Waals surface area contributed by atoms with Crippen molar-refractivity contribution in [1.29, 1.82) is 0 Å². The summed E-state index contributed by atoms with van der Waals surface area (Å²) in [6.07, 6.45) is 0. The SMILES string of the molecule is C[C@H](C(=O)N1CCN(Cc2ccccc2)CC1)N(C)CC(=O)Nc1ccccc1Cl. The Labute approximate surface area is 183 Å². The second-order valence-corrected chi connectivity index (χ2v) is 8.11. The van der Waals surface area contributed by atoms with Crippen LogP contribution in [0.1, 0.15) is 12.5 Å². The standard InChI is InChI=1S/C23H29ClN4O2/c1-18(26(2)17-22(29)25-21-11-7-6-10-20(21)24)23(30)28-14-12-27(13-15-28)16-19-8-4-3-5-9-19/h3-11,18H,12-17H2,1-2H3,(H,25,29)/t18-/m1/s1. The smallest absolute Gasteiger partial charge is 0.239 e. The summed E-state index contributed by atoms with van der Waals surface area (Å²) in [6, 6.07) is 17.1. The molecular formula is C23H29ClN4O2. The van der Waals surface area contributed by atoms with Gasteiger partial charge in [0.05, 0.1) is 23.3 Å². The summed E-state index contributed by atoms with van der Waals surface area (Å²) in [7, 11) is 1.79. The summed E-state index contributed by atoms with van der Waals surface area (Å²) in [4.78, 5) is 31.3. The zero-order valence-electron chi connectivity index (χ0n) is 17.6. The van der Waals surface area contributed by atoms with E-state index in [0.717, 1.165) is 19.6 Å². The lowest BCUT2D eigenvalue weighted by molar-refractivity contribution is -0.138.